The second kappa shape index (κ2) is 4.59. The molecule has 2 aromatic rings. The van der Waals surface area contributed by atoms with E-state index in [1.165, 1.54) is 18.3 Å². The van der Waals surface area contributed by atoms with Gasteiger partial charge in [0.2, 0.25) is 0 Å². The van der Waals surface area contributed by atoms with E-state index in [0.29, 0.717) is 5.39 Å². The van der Waals surface area contributed by atoms with Crippen LogP contribution in [0, 0.1) is 0 Å². The molecule has 0 aliphatic carbocycles. The van der Waals surface area contributed by atoms with Gasteiger partial charge < -0.3 is 4.55 Å². The number of fused-ring (bicyclic) bond motifs is 1. The zero-order chi connectivity index (χ0) is 10.2. The van der Waals surface area contributed by atoms with E-state index >= 15 is 0 Å². The quantitative estimate of drug-likeness (QED) is 0.426. The Kier molecular flexibility index (Phi) is 3.86. The second-order valence-electron chi connectivity index (χ2n) is 2.79. The Morgan fingerprint density at radius 2 is 1.80 bits per heavy atom. The first kappa shape index (κ1) is 12.6. The van der Waals surface area contributed by atoms with Crippen molar-refractivity contribution in [2.45, 2.75) is 4.90 Å². The van der Waals surface area contributed by atoms with Gasteiger partial charge in [0.1, 0.15) is 10.1 Å². The van der Waals surface area contributed by atoms with Gasteiger partial charge in [-0.3, -0.25) is 4.98 Å². The smallest absolute Gasteiger partial charge is 0.744 e. The molecule has 0 saturated heterocycles. The van der Waals surface area contributed by atoms with Gasteiger partial charge in [-0.1, -0.05) is 18.2 Å². The minimum absolute atomic E-state index is 0. The molecule has 4 nitrogen and oxygen atoms in total. The van der Waals surface area contributed by atoms with Crippen molar-refractivity contribution in [1.29, 1.82) is 0 Å². The van der Waals surface area contributed by atoms with Crippen molar-refractivity contribution in [2.24, 2.45) is 0 Å². The summed E-state index contributed by atoms with van der Waals surface area (Å²) in [6.45, 7) is 0. The molecule has 0 bridgehead atoms. The molecule has 1 heterocycles. The Morgan fingerprint density at radius 3 is 2.47 bits per heavy atom. The number of benzene rings is 1. The maximum absolute atomic E-state index is 10.9. The van der Waals surface area contributed by atoms with Crippen LogP contribution in [-0.4, -0.2) is 18.0 Å². The number of hydrogen-bond acceptors (Lipinski definition) is 4. The third-order valence-electron chi connectivity index (χ3n) is 1.87. The molecule has 1 aromatic heterocycles. The molecule has 0 unspecified atom stereocenters. The zero-order valence-electron chi connectivity index (χ0n) is 8.04. The van der Waals surface area contributed by atoms with E-state index in [4.69, 9.17) is 0 Å². The van der Waals surface area contributed by atoms with Gasteiger partial charge in [-0.05, 0) is 12.1 Å². The molecular formula is C9H6NNaO3S. The topological polar surface area (TPSA) is 70.1 Å². The van der Waals surface area contributed by atoms with Crippen LogP contribution in [0.1, 0.15) is 0 Å². The monoisotopic (exact) mass is 231 g/mol. The molecule has 0 N–H and O–H groups in total. The van der Waals surface area contributed by atoms with Crippen molar-refractivity contribution in [3.63, 3.8) is 0 Å². The molecule has 15 heavy (non-hydrogen) atoms. The van der Waals surface area contributed by atoms with Crippen molar-refractivity contribution >= 4 is 21.0 Å². The molecule has 0 aliphatic heterocycles. The van der Waals surface area contributed by atoms with Gasteiger partial charge in [-0.25, -0.2) is 8.42 Å². The molecule has 6 heteroatoms. The molecular weight excluding hydrogens is 225 g/mol. The summed E-state index contributed by atoms with van der Waals surface area (Å²) in [4.78, 5) is 3.60. The molecule has 1 aromatic carbocycles. The van der Waals surface area contributed by atoms with E-state index in [1.54, 1.807) is 18.2 Å². The fourth-order valence-electron chi connectivity index (χ4n) is 1.28. The maximum atomic E-state index is 10.9. The molecule has 0 radical (unpaired) electrons. The standard InChI is InChI=1S/C9H7NO3S.Na/c11-14(12,13)8-5-1-3-7-4-2-6-10-9(7)8;/h1-6H,(H,11,12,13);/q;+1/p-1. The zero-order valence-corrected chi connectivity index (χ0v) is 10.9. The minimum atomic E-state index is -4.44. The predicted molar refractivity (Wildman–Crippen MR) is 49.7 cm³/mol. The molecule has 2 rings (SSSR count). The van der Waals surface area contributed by atoms with E-state index < -0.39 is 10.1 Å². The van der Waals surface area contributed by atoms with Gasteiger partial charge in [0.05, 0.1) is 10.4 Å². The van der Waals surface area contributed by atoms with Crippen molar-refractivity contribution in [1.82, 2.24) is 4.98 Å². The number of hydrogen-bond donors (Lipinski definition) is 0. The summed E-state index contributed by atoms with van der Waals surface area (Å²) < 4.78 is 32.6. The Hall–Kier alpha value is -0.460. The number of aromatic nitrogens is 1. The van der Waals surface area contributed by atoms with Crippen LogP contribution in [0.15, 0.2) is 41.4 Å². The fourth-order valence-corrected chi connectivity index (χ4v) is 1.93. The number of rotatable bonds is 1. The molecule has 72 valence electrons. The number of pyridine rings is 1. The first-order valence-electron chi connectivity index (χ1n) is 3.89. The van der Waals surface area contributed by atoms with E-state index in [2.05, 4.69) is 4.98 Å². The molecule has 0 saturated carbocycles. The van der Waals surface area contributed by atoms with Crippen LogP contribution >= 0.6 is 0 Å². The van der Waals surface area contributed by atoms with E-state index in [0.717, 1.165) is 0 Å². The summed E-state index contributed by atoms with van der Waals surface area (Å²) in [6.07, 6.45) is 1.46. The van der Waals surface area contributed by atoms with Gasteiger partial charge in [0.15, 0.2) is 0 Å². The molecule has 0 atom stereocenters. The van der Waals surface area contributed by atoms with Crippen molar-refractivity contribution in [2.75, 3.05) is 0 Å². The van der Waals surface area contributed by atoms with Crippen LogP contribution in [0.3, 0.4) is 0 Å². The maximum Gasteiger partial charge on any atom is 1.00 e. The average molecular weight is 231 g/mol. The Bertz CT molecular complexity index is 577. The van der Waals surface area contributed by atoms with Gasteiger partial charge in [0, 0.05) is 11.6 Å². The normalized spacial score (nSPS) is 11.0. The first-order valence-corrected chi connectivity index (χ1v) is 5.29. The molecule has 0 aliphatic rings. The van der Waals surface area contributed by atoms with Gasteiger partial charge >= 0.3 is 29.6 Å². The molecule has 0 amide bonds. The Balaban J connectivity index is 0.00000112. The first-order chi connectivity index (χ1) is 6.59. The number of para-hydroxylation sites is 1. The van der Waals surface area contributed by atoms with Gasteiger partial charge in [-0.15, -0.1) is 0 Å². The third kappa shape index (κ3) is 2.56. The minimum Gasteiger partial charge on any atom is -0.744 e. The number of nitrogens with zero attached hydrogens (tertiary/aromatic N) is 1. The van der Waals surface area contributed by atoms with Crippen LogP contribution in [0.25, 0.3) is 10.9 Å². The summed E-state index contributed by atoms with van der Waals surface area (Å²) in [6, 6.07) is 7.88. The van der Waals surface area contributed by atoms with Crippen LogP contribution in [0.4, 0.5) is 0 Å². The van der Waals surface area contributed by atoms with E-state index in [1.807, 2.05) is 0 Å². The van der Waals surface area contributed by atoms with Crippen LogP contribution < -0.4 is 29.6 Å². The molecule has 0 fully saturated rings. The summed E-state index contributed by atoms with van der Waals surface area (Å²) >= 11 is 0. The van der Waals surface area contributed by atoms with Crippen LogP contribution in [0.2, 0.25) is 0 Å². The summed E-state index contributed by atoms with van der Waals surface area (Å²) in [5, 5.41) is 0.643. The SMILES string of the molecule is O=S(=O)([O-])c1cccc2cccnc12.[Na+]. The van der Waals surface area contributed by atoms with Crippen molar-refractivity contribution in [3.8, 4) is 0 Å². The average Bonchev–Trinajstić information content (AvgIpc) is 2.15. The molecule has 0 spiro atoms. The van der Waals surface area contributed by atoms with Gasteiger partial charge in [-0.2, -0.15) is 0 Å². The van der Waals surface area contributed by atoms with Gasteiger partial charge in [0.25, 0.3) is 0 Å². The van der Waals surface area contributed by atoms with E-state index in [9.17, 15) is 13.0 Å². The predicted octanol–water partition coefficient (Wildman–Crippen LogP) is -1.86. The largest absolute Gasteiger partial charge is 1.00 e. The van der Waals surface area contributed by atoms with E-state index in [-0.39, 0.29) is 40.0 Å². The van der Waals surface area contributed by atoms with Crippen molar-refractivity contribution < 1.29 is 42.5 Å². The van der Waals surface area contributed by atoms with Crippen molar-refractivity contribution in [3.05, 3.63) is 36.5 Å². The Labute approximate surface area is 109 Å². The van der Waals surface area contributed by atoms with Crippen LogP contribution in [0.5, 0.6) is 0 Å². The Morgan fingerprint density at radius 1 is 1.13 bits per heavy atom. The summed E-state index contributed by atoms with van der Waals surface area (Å²) in [5.74, 6) is 0. The van der Waals surface area contributed by atoms with Crippen LogP contribution in [-0.2, 0) is 10.1 Å². The summed E-state index contributed by atoms with van der Waals surface area (Å²) in [5.41, 5.74) is 0.227. The second-order valence-corrected chi connectivity index (χ2v) is 4.13. The third-order valence-corrected chi connectivity index (χ3v) is 2.73. The fraction of sp³-hybridized carbons (Fsp3) is 0. The summed E-state index contributed by atoms with van der Waals surface area (Å²) in [7, 11) is -4.44.